The Kier molecular flexibility index (Phi) is 3.03. The minimum Gasteiger partial charge on any atom is -0.359 e. The number of carbonyl (C=O) groups is 1. The summed E-state index contributed by atoms with van der Waals surface area (Å²) in [4.78, 5) is 19.6. The third-order valence-corrected chi connectivity index (χ3v) is 3.53. The standard InChI is InChI=1S/C15H18N2O3/c1-10-13(19-10)14(18)17-9-12(16-20-15(17,2)3)11-7-5-4-6-8-11/h4-10,13,16H,1-3H3/t10-,13-/m1/s1. The molecule has 0 radical (unpaired) electrons. The molecule has 1 aromatic rings. The summed E-state index contributed by atoms with van der Waals surface area (Å²) in [6.45, 7) is 5.56. The Hall–Kier alpha value is -1.85. The third-order valence-electron chi connectivity index (χ3n) is 3.53. The maximum absolute atomic E-state index is 12.4. The van der Waals surface area contributed by atoms with Gasteiger partial charge in [-0.2, -0.15) is 0 Å². The molecular weight excluding hydrogens is 256 g/mol. The number of benzene rings is 1. The van der Waals surface area contributed by atoms with Crippen molar-refractivity contribution in [3.63, 3.8) is 0 Å². The molecule has 1 saturated heterocycles. The topological polar surface area (TPSA) is 54.1 Å². The van der Waals surface area contributed by atoms with Crippen LogP contribution in [0.3, 0.4) is 0 Å². The number of amides is 1. The molecule has 2 aliphatic rings. The lowest BCUT2D eigenvalue weighted by Crippen LogP contribution is -2.53. The van der Waals surface area contributed by atoms with Crippen LogP contribution in [0.15, 0.2) is 36.5 Å². The Morgan fingerprint density at radius 3 is 2.55 bits per heavy atom. The predicted molar refractivity (Wildman–Crippen MR) is 73.9 cm³/mol. The maximum Gasteiger partial charge on any atom is 0.260 e. The van der Waals surface area contributed by atoms with Crippen LogP contribution in [0.1, 0.15) is 26.3 Å². The van der Waals surface area contributed by atoms with Crippen molar-refractivity contribution in [1.29, 1.82) is 0 Å². The van der Waals surface area contributed by atoms with Crippen molar-refractivity contribution in [2.45, 2.75) is 38.7 Å². The second-order valence-corrected chi connectivity index (χ2v) is 5.53. The molecule has 0 unspecified atom stereocenters. The van der Waals surface area contributed by atoms with Crippen LogP contribution in [0.2, 0.25) is 0 Å². The summed E-state index contributed by atoms with van der Waals surface area (Å²) in [7, 11) is 0. The quantitative estimate of drug-likeness (QED) is 0.837. The van der Waals surface area contributed by atoms with E-state index in [9.17, 15) is 4.79 Å². The fraction of sp³-hybridized carbons (Fsp3) is 0.400. The van der Waals surface area contributed by atoms with Gasteiger partial charge in [0.25, 0.3) is 5.91 Å². The summed E-state index contributed by atoms with van der Waals surface area (Å²) in [6.07, 6.45) is 1.42. The molecule has 2 atom stereocenters. The van der Waals surface area contributed by atoms with Crippen LogP contribution in [-0.2, 0) is 14.4 Å². The Balaban J connectivity index is 1.90. The Morgan fingerprint density at radius 1 is 1.30 bits per heavy atom. The van der Waals surface area contributed by atoms with Gasteiger partial charge in [0.2, 0.25) is 0 Å². The van der Waals surface area contributed by atoms with E-state index in [0.717, 1.165) is 11.3 Å². The number of nitrogens with one attached hydrogen (secondary N) is 1. The summed E-state index contributed by atoms with van der Waals surface area (Å²) >= 11 is 0. The molecule has 0 aromatic heterocycles. The molecular formula is C15H18N2O3. The molecule has 5 heteroatoms. The molecule has 0 aliphatic carbocycles. The predicted octanol–water partition coefficient (Wildman–Crippen LogP) is 1.87. The Morgan fingerprint density at radius 2 is 1.95 bits per heavy atom. The Bertz CT molecular complexity index is 553. The van der Waals surface area contributed by atoms with Gasteiger partial charge in [-0.3, -0.25) is 15.2 Å². The lowest BCUT2D eigenvalue weighted by Gasteiger charge is -2.39. The average molecular weight is 274 g/mol. The largest absolute Gasteiger partial charge is 0.359 e. The van der Waals surface area contributed by atoms with Crippen LogP contribution in [0, 0.1) is 0 Å². The van der Waals surface area contributed by atoms with E-state index in [0.29, 0.717) is 0 Å². The van der Waals surface area contributed by atoms with Crippen LogP contribution in [0.5, 0.6) is 0 Å². The number of carbonyl (C=O) groups excluding carboxylic acids is 1. The van der Waals surface area contributed by atoms with E-state index in [4.69, 9.17) is 9.57 Å². The number of ether oxygens (including phenoxy) is 1. The molecule has 0 saturated carbocycles. The van der Waals surface area contributed by atoms with Crippen molar-refractivity contribution in [3.8, 4) is 0 Å². The maximum atomic E-state index is 12.4. The zero-order valence-corrected chi connectivity index (χ0v) is 11.8. The van der Waals surface area contributed by atoms with Gasteiger partial charge >= 0.3 is 0 Å². The number of hydroxylamine groups is 1. The van der Waals surface area contributed by atoms with Gasteiger partial charge < -0.3 is 4.74 Å². The van der Waals surface area contributed by atoms with E-state index < -0.39 is 5.72 Å². The van der Waals surface area contributed by atoms with Crippen molar-refractivity contribution in [2.24, 2.45) is 0 Å². The molecule has 1 aromatic carbocycles. The first-order valence-corrected chi connectivity index (χ1v) is 6.69. The molecule has 20 heavy (non-hydrogen) atoms. The molecule has 2 heterocycles. The van der Waals surface area contributed by atoms with Crippen LogP contribution < -0.4 is 5.48 Å². The summed E-state index contributed by atoms with van der Waals surface area (Å²) in [5, 5.41) is 0. The highest BCUT2D eigenvalue weighted by Crippen LogP contribution is 2.31. The number of nitrogens with zero attached hydrogens (tertiary/aromatic N) is 1. The monoisotopic (exact) mass is 274 g/mol. The molecule has 3 rings (SSSR count). The Labute approximate surface area is 118 Å². The van der Waals surface area contributed by atoms with Gasteiger partial charge in [0, 0.05) is 11.8 Å². The van der Waals surface area contributed by atoms with E-state index in [2.05, 4.69) is 5.48 Å². The van der Waals surface area contributed by atoms with Gasteiger partial charge in [0.15, 0.2) is 11.8 Å². The summed E-state index contributed by atoms with van der Waals surface area (Å²) in [5.41, 5.74) is 3.88. The SMILES string of the molecule is C[C@H]1O[C@H]1C(=O)N1C=C(c2ccccc2)NOC1(C)C. The zero-order valence-electron chi connectivity index (χ0n) is 11.8. The molecule has 106 valence electrons. The summed E-state index contributed by atoms with van der Waals surface area (Å²) in [6, 6.07) is 9.74. The molecule has 1 fully saturated rings. The number of rotatable bonds is 2. The first kappa shape index (κ1) is 13.1. The van der Waals surface area contributed by atoms with E-state index in [-0.39, 0.29) is 18.1 Å². The van der Waals surface area contributed by atoms with E-state index in [1.165, 1.54) is 0 Å². The van der Waals surface area contributed by atoms with Gasteiger partial charge in [0.1, 0.15) is 0 Å². The van der Waals surface area contributed by atoms with Crippen molar-refractivity contribution < 1.29 is 14.4 Å². The fourth-order valence-electron chi connectivity index (χ4n) is 2.20. The highest BCUT2D eigenvalue weighted by atomic mass is 16.7. The number of hydrogen-bond acceptors (Lipinski definition) is 4. The second-order valence-electron chi connectivity index (χ2n) is 5.53. The molecule has 0 bridgehead atoms. The first-order chi connectivity index (χ1) is 9.49. The van der Waals surface area contributed by atoms with E-state index in [1.54, 1.807) is 11.1 Å². The summed E-state index contributed by atoms with van der Waals surface area (Å²) in [5.74, 6) is -0.0718. The van der Waals surface area contributed by atoms with Crippen LogP contribution in [-0.4, -0.2) is 28.7 Å². The van der Waals surface area contributed by atoms with Crippen molar-refractivity contribution in [1.82, 2.24) is 10.4 Å². The molecule has 2 aliphatic heterocycles. The number of hydrogen-bond donors (Lipinski definition) is 1. The molecule has 1 N–H and O–H groups in total. The van der Waals surface area contributed by atoms with Gasteiger partial charge in [-0.05, 0) is 20.8 Å². The highest BCUT2D eigenvalue weighted by molar-refractivity contribution is 5.86. The average Bonchev–Trinajstić information content (AvgIpc) is 3.16. The van der Waals surface area contributed by atoms with Crippen molar-refractivity contribution >= 4 is 11.6 Å². The van der Waals surface area contributed by atoms with E-state index >= 15 is 0 Å². The van der Waals surface area contributed by atoms with Gasteiger partial charge in [-0.15, -0.1) is 0 Å². The minimum absolute atomic E-state index is 0.0123. The molecule has 5 nitrogen and oxygen atoms in total. The van der Waals surface area contributed by atoms with Crippen LogP contribution in [0.25, 0.3) is 5.70 Å². The number of epoxide rings is 1. The van der Waals surface area contributed by atoms with Gasteiger partial charge in [-0.1, -0.05) is 30.3 Å². The fourth-order valence-corrected chi connectivity index (χ4v) is 2.20. The van der Waals surface area contributed by atoms with Crippen molar-refractivity contribution in [2.75, 3.05) is 0 Å². The smallest absolute Gasteiger partial charge is 0.260 e. The van der Waals surface area contributed by atoms with Gasteiger partial charge in [0.05, 0.1) is 11.8 Å². The zero-order chi connectivity index (χ0) is 14.3. The third kappa shape index (κ3) is 2.30. The van der Waals surface area contributed by atoms with Gasteiger partial charge in [-0.25, -0.2) is 4.84 Å². The van der Waals surface area contributed by atoms with Crippen LogP contribution >= 0.6 is 0 Å². The normalized spacial score (nSPS) is 27.6. The minimum atomic E-state index is -0.749. The lowest BCUT2D eigenvalue weighted by atomic mass is 10.1. The summed E-state index contributed by atoms with van der Waals surface area (Å²) < 4.78 is 5.27. The lowest BCUT2D eigenvalue weighted by molar-refractivity contribution is -0.174. The van der Waals surface area contributed by atoms with E-state index in [1.807, 2.05) is 51.1 Å². The second kappa shape index (κ2) is 4.61. The van der Waals surface area contributed by atoms with Crippen LogP contribution in [0.4, 0.5) is 0 Å². The molecule has 0 spiro atoms. The van der Waals surface area contributed by atoms with Crippen molar-refractivity contribution in [3.05, 3.63) is 42.1 Å². The molecule has 1 amide bonds. The first-order valence-electron chi connectivity index (χ1n) is 6.69. The highest BCUT2D eigenvalue weighted by Gasteiger charge is 2.48.